The Kier molecular flexibility index (Phi) is 4.69. The molecule has 10 heteroatoms. The van der Waals surface area contributed by atoms with Gasteiger partial charge in [-0.25, -0.2) is 27.0 Å². The number of carbonyl (C=O) groups is 1. The molecule has 0 aliphatic heterocycles. The summed E-state index contributed by atoms with van der Waals surface area (Å²) in [4.78, 5) is 13.8. The van der Waals surface area contributed by atoms with E-state index in [0.29, 0.717) is 11.6 Å². The predicted molar refractivity (Wildman–Crippen MR) is 79.7 cm³/mol. The molecule has 2 N–H and O–H groups in total. The number of hydrogen-bond donors (Lipinski definition) is 2. The van der Waals surface area contributed by atoms with Gasteiger partial charge in [0.15, 0.2) is 0 Å². The summed E-state index contributed by atoms with van der Waals surface area (Å²) < 4.78 is 58.9. The zero-order chi connectivity index (χ0) is 18.1. The number of halogens is 2. The number of carboxylic acid groups (broad SMARTS) is 1. The van der Waals surface area contributed by atoms with E-state index in [9.17, 15) is 22.0 Å². The van der Waals surface area contributed by atoms with Crippen molar-refractivity contribution < 1.29 is 31.8 Å². The van der Waals surface area contributed by atoms with Crippen LogP contribution >= 0.6 is 0 Å². The van der Waals surface area contributed by atoms with E-state index >= 15 is 0 Å². The van der Waals surface area contributed by atoms with Crippen LogP contribution in [0, 0.1) is 18.6 Å². The molecule has 0 bridgehead atoms. The number of aryl methyl sites for hydroxylation is 1. The van der Waals surface area contributed by atoms with E-state index in [1.165, 1.54) is 19.4 Å². The quantitative estimate of drug-likeness (QED) is 0.849. The number of nitrogens with one attached hydrogen (secondary N) is 1. The van der Waals surface area contributed by atoms with Gasteiger partial charge in [-0.15, -0.1) is 0 Å². The monoisotopic (exact) mass is 358 g/mol. The average molecular weight is 358 g/mol. The van der Waals surface area contributed by atoms with Gasteiger partial charge in [0.2, 0.25) is 5.88 Å². The minimum atomic E-state index is -4.54. The molecule has 128 valence electrons. The van der Waals surface area contributed by atoms with Crippen molar-refractivity contribution in [1.29, 1.82) is 0 Å². The number of pyridine rings is 1. The lowest BCUT2D eigenvalue weighted by Gasteiger charge is -2.12. The highest BCUT2D eigenvalue weighted by atomic mass is 32.2. The van der Waals surface area contributed by atoms with Crippen LogP contribution in [-0.4, -0.2) is 31.6 Å². The average Bonchev–Trinajstić information content (AvgIpc) is 2.46. The molecule has 1 aromatic carbocycles. The number of benzene rings is 1. The minimum Gasteiger partial charge on any atom is -0.480 e. The van der Waals surface area contributed by atoms with E-state index in [2.05, 4.69) is 9.71 Å². The number of rotatable bonds is 5. The van der Waals surface area contributed by atoms with Gasteiger partial charge < -0.3 is 9.84 Å². The molecule has 0 amide bonds. The normalized spacial score (nSPS) is 11.2. The highest BCUT2D eigenvalue weighted by Gasteiger charge is 2.25. The van der Waals surface area contributed by atoms with E-state index in [0.717, 1.165) is 0 Å². The van der Waals surface area contributed by atoms with Crippen molar-refractivity contribution in [2.45, 2.75) is 11.8 Å². The number of hydrogen-bond acceptors (Lipinski definition) is 5. The standard InChI is InChI=1S/C14H12F2N2O5S/c1-7-3-11(13(23-2)17-6-7)18-24(21,22)12-4-8(14(19)20)9(15)5-10(12)16/h3-6,18H,1-2H3,(H,19,20). The maximum absolute atomic E-state index is 13.9. The first-order valence-corrected chi connectivity index (χ1v) is 7.90. The highest BCUT2D eigenvalue weighted by Crippen LogP contribution is 2.27. The maximum Gasteiger partial charge on any atom is 0.338 e. The predicted octanol–water partition coefficient (Wildman–Crippen LogP) is 2.18. The van der Waals surface area contributed by atoms with Crippen LogP contribution in [0.1, 0.15) is 15.9 Å². The van der Waals surface area contributed by atoms with Gasteiger partial charge in [-0.1, -0.05) is 0 Å². The summed E-state index contributed by atoms with van der Waals surface area (Å²) in [6, 6.07) is 2.00. The van der Waals surface area contributed by atoms with Crippen LogP contribution in [0.3, 0.4) is 0 Å². The molecular formula is C14H12F2N2O5S. The number of aromatic carboxylic acids is 1. The van der Waals surface area contributed by atoms with E-state index in [1.807, 2.05) is 0 Å². The van der Waals surface area contributed by atoms with Gasteiger partial charge in [0.05, 0.1) is 12.7 Å². The van der Waals surface area contributed by atoms with Crippen molar-refractivity contribution in [1.82, 2.24) is 4.98 Å². The third-order valence-electron chi connectivity index (χ3n) is 2.97. The van der Waals surface area contributed by atoms with Gasteiger partial charge in [0.25, 0.3) is 10.0 Å². The topological polar surface area (TPSA) is 106 Å². The Hall–Kier alpha value is -2.75. The SMILES string of the molecule is COc1ncc(C)cc1NS(=O)(=O)c1cc(C(=O)O)c(F)cc1F. The lowest BCUT2D eigenvalue weighted by atomic mass is 10.2. The minimum absolute atomic E-state index is 0.0647. The number of ether oxygens (including phenoxy) is 1. The van der Waals surface area contributed by atoms with E-state index < -0.39 is 38.1 Å². The molecule has 2 aromatic rings. The van der Waals surface area contributed by atoms with Crippen molar-refractivity contribution in [3.8, 4) is 5.88 Å². The second-order valence-corrected chi connectivity index (χ2v) is 6.39. The molecule has 2 rings (SSSR count). The fourth-order valence-electron chi connectivity index (χ4n) is 1.89. The van der Waals surface area contributed by atoms with Gasteiger partial charge in [-0.05, 0) is 24.6 Å². The van der Waals surface area contributed by atoms with Crippen molar-refractivity contribution >= 4 is 21.7 Å². The summed E-state index contributed by atoms with van der Waals surface area (Å²) in [6.45, 7) is 1.64. The molecule has 0 spiro atoms. The second kappa shape index (κ2) is 6.40. The third-order valence-corrected chi connectivity index (χ3v) is 4.35. The number of anilines is 1. The van der Waals surface area contributed by atoms with E-state index in [1.54, 1.807) is 6.92 Å². The summed E-state index contributed by atoms with van der Waals surface area (Å²) in [5.74, 6) is -4.60. The van der Waals surface area contributed by atoms with Gasteiger partial charge in [0.1, 0.15) is 22.2 Å². The molecule has 24 heavy (non-hydrogen) atoms. The molecule has 0 saturated heterocycles. The molecule has 0 fully saturated rings. The molecule has 0 radical (unpaired) electrons. The molecule has 0 saturated carbocycles. The second-order valence-electron chi connectivity index (χ2n) is 4.74. The zero-order valence-electron chi connectivity index (χ0n) is 12.5. The number of nitrogens with zero attached hydrogens (tertiary/aromatic N) is 1. The molecule has 0 atom stereocenters. The van der Waals surface area contributed by atoms with Crippen LogP contribution in [0.5, 0.6) is 5.88 Å². The van der Waals surface area contributed by atoms with Crippen molar-refractivity contribution in [2.75, 3.05) is 11.8 Å². The number of methoxy groups -OCH3 is 1. The van der Waals surface area contributed by atoms with Crippen molar-refractivity contribution in [2.24, 2.45) is 0 Å². The largest absolute Gasteiger partial charge is 0.480 e. The Morgan fingerprint density at radius 2 is 1.92 bits per heavy atom. The number of sulfonamides is 1. The molecule has 1 heterocycles. The van der Waals surface area contributed by atoms with Crippen molar-refractivity contribution in [3.63, 3.8) is 0 Å². The first-order chi connectivity index (χ1) is 11.2. The Labute approximate surface area is 136 Å². The van der Waals surface area contributed by atoms with Crippen LogP contribution in [0.25, 0.3) is 0 Å². The van der Waals surface area contributed by atoms with Gasteiger partial charge >= 0.3 is 5.97 Å². The van der Waals surface area contributed by atoms with Crippen LogP contribution in [0.15, 0.2) is 29.3 Å². The Bertz CT molecular complexity index is 916. The lowest BCUT2D eigenvalue weighted by molar-refractivity contribution is 0.0691. The van der Waals surface area contributed by atoms with E-state index in [-0.39, 0.29) is 17.6 Å². The maximum atomic E-state index is 13.9. The Balaban J connectivity index is 2.54. The third kappa shape index (κ3) is 3.43. The van der Waals surface area contributed by atoms with Crippen molar-refractivity contribution in [3.05, 3.63) is 47.2 Å². The molecule has 1 aromatic heterocycles. The lowest BCUT2D eigenvalue weighted by Crippen LogP contribution is -2.17. The van der Waals surface area contributed by atoms with Crippen LogP contribution in [-0.2, 0) is 10.0 Å². The zero-order valence-corrected chi connectivity index (χ0v) is 13.3. The van der Waals surface area contributed by atoms with Gasteiger partial charge in [-0.2, -0.15) is 0 Å². The van der Waals surface area contributed by atoms with Gasteiger partial charge in [0, 0.05) is 12.3 Å². The fraction of sp³-hybridized carbons (Fsp3) is 0.143. The summed E-state index contributed by atoms with van der Waals surface area (Å²) in [5.41, 5.74) is -0.441. The summed E-state index contributed by atoms with van der Waals surface area (Å²) in [5, 5.41) is 8.85. The Morgan fingerprint density at radius 3 is 2.50 bits per heavy atom. The summed E-state index contributed by atoms with van der Waals surface area (Å²) >= 11 is 0. The van der Waals surface area contributed by atoms with Gasteiger partial charge in [-0.3, -0.25) is 4.72 Å². The Morgan fingerprint density at radius 1 is 1.25 bits per heavy atom. The first kappa shape index (κ1) is 17.6. The highest BCUT2D eigenvalue weighted by molar-refractivity contribution is 7.92. The number of aromatic nitrogens is 1. The fourth-order valence-corrected chi connectivity index (χ4v) is 3.03. The van der Waals surface area contributed by atoms with Crippen LogP contribution in [0.4, 0.5) is 14.5 Å². The molecule has 0 unspecified atom stereocenters. The summed E-state index contributed by atoms with van der Waals surface area (Å²) in [7, 11) is -3.28. The first-order valence-electron chi connectivity index (χ1n) is 6.41. The van der Waals surface area contributed by atoms with Crippen LogP contribution in [0.2, 0.25) is 0 Å². The molecule has 0 aliphatic carbocycles. The molecule has 7 nitrogen and oxygen atoms in total. The number of carboxylic acids is 1. The smallest absolute Gasteiger partial charge is 0.338 e. The van der Waals surface area contributed by atoms with Crippen LogP contribution < -0.4 is 9.46 Å². The summed E-state index contributed by atoms with van der Waals surface area (Å²) in [6.07, 6.45) is 1.43. The van der Waals surface area contributed by atoms with E-state index in [4.69, 9.17) is 9.84 Å². The molecular weight excluding hydrogens is 346 g/mol. The molecule has 0 aliphatic rings.